The molecule has 0 spiro atoms. The molecule has 11 heavy (non-hydrogen) atoms. The van der Waals surface area contributed by atoms with Crippen molar-refractivity contribution in [3.05, 3.63) is 23.5 Å². The standard InChI is InChI=1S/C9H14N2/c1-4-7(2)9-6-10-8(3)5-11-9/h4-6,9,11H,1-3H3/b7-4+. The number of nitrogens with one attached hydrogen (secondary N) is 1. The third-order valence-corrected chi connectivity index (χ3v) is 1.84. The van der Waals surface area contributed by atoms with E-state index in [9.17, 15) is 0 Å². The molecule has 0 aromatic carbocycles. The van der Waals surface area contributed by atoms with Crippen LogP contribution in [0.25, 0.3) is 0 Å². The monoisotopic (exact) mass is 150 g/mol. The second-order valence-electron chi connectivity index (χ2n) is 2.74. The summed E-state index contributed by atoms with van der Waals surface area (Å²) in [4.78, 5) is 4.21. The summed E-state index contributed by atoms with van der Waals surface area (Å²) in [6.45, 7) is 6.11. The van der Waals surface area contributed by atoms with Crippen molar-refractivity contribution in [2.45, 2.75) is 26.8 Å². The van der Waals surface area contributed by atoms with Gasteiger partial charge in [0.25, 0.3) is 0 Å². The van der Waals surface area contributed by atoms with Crippen LogP contribution >= 0.6 is 0 Å². The molecule has 0 radical (unpaired) electrons. The molecule has 2 heteroatoms. The lowest BCUT2D eigenvalue weighted by atomic mass is 10.1. The van der Waals surface area contributed by atoms with Crippen molar-refractivity contribution in [2.75, 3.05) is 0 Å². The van der Waals surface area contributed by atoms with Gasteiger partial charge < -0.3 is 5.32 Å². The van der Waals surface area contributed by atoms with E-state index < -0.39 is 0 Å². The van der Waals surface area contributed by atoms with Crippen molar-refractivity contribution in [3.63, 3.8) is 0 Å². The molecule has 0 amide bonds. The molecule has 1 atom stereocenters. The van der Waals surface area contributed by atoms with Gasteiger partial charge in [-0.05, 0) is 20.8 Å². The number of nitrogens with zero attached hydrogens (tertiary/aromatic N) is 1. The molecule has 0 saturated carbocycles. The smallest absolute Gasteiger partial charge is 0.0822 e. The SMILES string of the molecule is C/C=C(\C)C1C=NC(C)=CN1. The molecular weight excluding hydrogens is 136 g/mol. The highest BCUT2D eigenvalue weighted by Gasteiger charge is 2.07. The van der Waals surface area contributed by atoms with Crippen LogP contribution in [-0.2, 0) is 0 Å². The molecule has 1 unspecified atom stereocenters. The second kappa shape index (κ2) is 3.37. The normalized spacial score (nSPS) is 24.5. The Morgan fingerprint density at radius 2 is 2.45 bits per heavy atom. The first-order chi connectivity index (χ1) is 5.24. The van der Waals surface area contributed by atoms with Gasteiger partial charge in [-0.3, -0.25) is 4.99 Å². The van der Waals surface area contributed by atoms with E-state index >= 15 is 0 Å². The maximum Gasteiger partial charge on any atom is 0.0822 e. The van der Waals surface area contributed by atoms with Crippen molar-refractivity contribution in [2.24, 2.45) is 4.99 Å². The van der Waals surface area contributed by atoms with Crippen LogP contribution in [-0.4, -0.2) is 12.3 Å². The van der Waals surface area contributed by atoms with E-state index in [0.717, 1.165) is 5.70 Å². The molecule has 1 aliphatic rings. The van der Waals surface area contributed by atoms with Gasteiger partial charge in [0.2, 0.25) is 0 Å². The number of aliphatic imine (C=N–C) groups is 1. The minimum Gasteiger partial charge on any atom is -0.378 e. The predicted molar refractivity (Wildman–Crippen MR) is 48.6 cm³/mol. The van der Waals surface area contributed by atoms with Crippen molar-refractivity contribution >= 4 is 6.21 Å². The Morgan fingerprint density at radius 3 is 2.91 bits per heavy atom. The Kier molecular flexibility index (Phi) is 2.47. The third-order valence-electron chi connectivity index (χ3n) is 1.84. The average molecular weight is 150 g/mol. The van der Waals surface area contributed by atoms with Gasteiger partial charge in [0.15, 0.2) is 0 Å². The number of allylic oxidation sites excluding steroid dienone is 2. The zero-order valence-electron chi connectivity index (χ0n) is 7.26. The van der Waals surface area contributed by atoms with Crippen LogP contribution in [0.5, 0.6) is 0 Å². The van der Waals surface area contributed by atoms with E-state index in [-0.39, 0.29) is 0 Å². The summed E-state index contributed by atoms with van der Waals surface area (Å²) in [7, 11) is 0. The fourth-order valence-electron chi connectivity index (χ4n) is 0.911. The van der Waals surface area contributed by atoms with Crippen molar-refractivity contribution in [1.82, 2.24) is 5.32 Å². The predicted octanol–water partition coefficient (Wildman–Crippen LogP) is 1.86. The molecule has 0 saturated heterocycles. The Morgan fingerprint density at radius 1 is 1.73 bits per heavy atom. The van der Waals surface area contributed by atoms with Gasteiger partial charge in [0.05, 0.1) is 11.7 Å². The second-order valence-corrected chi connectivity index (χ2v) is 2.74. The molecular formula is C9H14N2. The zero-order valence-corrected chi connectivity index (χ0v) is 7.26. The quantitative estimate of drug-likeness (QED) is 0.567. The molecule has 60 valence electrons. The molecule has 0 fully saturated rings. The largest absolute Gasteiger partial charge is 0.378 e. The minimum atomic E-state index is 0.295. The van der Waals surface area contributed by atoms with Crippen LogP contribution in [0.2, 0.25) is 0 Å². The molecule has 1 heterocycles. The molecule has 1 rings (SSSR count). The molecule has 2 nitrogen and oxygen atoms in total. The van der Waals surface area contributed by atoms with Crippen molar-refractivity contribution < 1.29 is 0 Å². The summed E-state index contributed by atoms with van der Waals surface area (Å²) in [5, 5.41) is 3.24. The molecule has 0 aromatic rings. The van der Waals surface area contributed by atoms with E-state index in [1.807, 2.05) is 26.3 Å². The van der Waals surface area contributed by atoms with Crippen LogP contribution in [0.15, 0.2) is 28.5 Å². The molecule has 0 aromatic heterocycles. The Hall–Kier alpha value is -1.05. The van der Waals surface area contributed by atoms with Crippen LogP contribution in [0.4, 0.5) is 0 Å². The van der Waals surface area contributed by atoms with Gasteiger partial charge in [-0.1, -0.05) is 11.6 Å². The lowest BCUT2D eigenvalue weighted by Crippen LogP contribution is -2.29. The fraction of sp³-hybridized carbons (Fsp3) is 0.444. The van der Waals surface area contributed by atoms with Crippen molar-refractivity contribution in [3.8, 4) is 0 Å². The summed E-state index contributed by atoms with van der Waals surface area (Å²) in [5.41, 5.74) is 2.34. The fourth-order valence-corrected chi connectivity index (χ4v) is 0.911. The lowest BCUT2D eigenvalue weighted by molar-refractivity contribution is 0.813. The number of hydrogen-bond donors (Lipinski definition) is 1. The highest BCUT2D eigenvalue weighted by Crippen LogP contribution is 2.05. The first kappa shape index (κ1) is 8.05. The molecule has 0 bridgehead atoms. The highest BCUT2D eigenvalue weighted by molar-refractivity contribution is 5.71. The average Bonchev–Trinajstić information content (AvgIpc) is 2.05. The zero-order chi connectivity index (χ0) is 8.27. The van der Waals surface area contributed by atoms with Gasteiger partial charge >= 0.3 is 0 Å². The Bertz CT molecular complexity index is 224. The van der Waals surface area contributed by atoms with Crippen LogP contribution in [0, 0.1) is 0 Å². The molecule has 1 aliphatic heterocycles. The maximum atomic E-state index is 4.21. The lowest BCUT2D eigenvalue weighted by Gasteiger charge is -2.16. The van der Waals surface area contributed by atoms with E-state index in [1.54, 1.807) is 0 Å². The van der Waals surface area contributed by atoms with Gasteiger partial charge in [0, 0.05) is 12.4 Å². The Balaban J connectivity index is 2.63. The third kappa shape index (κ3) is 1.93. The van der Waals surface area contributed by atoms with Gasteiger partial charge in [-0.25, -0.2) is 0 Å². The molecule has 1 N–H and O–H groups in total. The van der Waals surface area contributed by atoms with Gasteiger partial charge in [-0.2, -0.15) is 0 Å². The number of hydrogen-bond acceptors (Lipinski definition) is 2. The Labute approximate surface area is 67.7 Å². The van der Waals surface area contributed by atoms with Crippen LogP contribution < -0.4 is 5.32 Å². The summed E-state index contributed by atoms with van der Waals surface area (Å²) < 4.78 is 0. The van der Waals surface area contributed by atoms with E-state index in [4.69, 9.17) is 0 Å². The first-order valence-electron chi connectivity index (χ1n) is 3.84. The first-order valence-corrected chi connectivity index (χ1v) is 3.84. The van der Waals surface area contributed by atoms with E-state index in [1.165, 1.54) is 5.57 Å². The summed E-state index contributed by atoms with van der Waals surface area (Å²) in [5.74, 6) is 0. The van der Waals surface area contributed by atoms with E-state index in [0.29, 0.717) is 6.04 Å². The van der Waals surface area contributed by atoms with Crippen LogP contribution in [0.1, 0.15) is 20.8 Å². The van der Waals surface area contributed by atoms with E-state index in [2.05, 4.69) is 23.3 Å². The van der Waals surface area contributed by atoms with Gasteiger partial charge in [0.1, 0.15) is 0 Å². The van der Waals surface area contributed by atoms with Crippen LogP contribution in [0.3, 0.4) is 0 Å². The number of rotatable bonds is 1. The topological polar surface area (TPSA) is 24.4 Å². The molecule has 0 aliphatic carbocycles. The minimum absolute atomic E-state index is 0.295. The van der Waals surface area contributed by atoms with Crippen molar-refractivity contribution in [1.29, 1.82) is 0 Å². The summed E-state index contributed by atoms with van der Waals surface area (Å²) in [6, 6.07) is 0.295. The van der Waals surface area contributed by atoms with Gasteiger partial charge in [-0.15, -0.1) is 0 Å². The summed E-state index contributed by atoms with van der Waals surface area (Å²) in [6.07, 6.45) is 5.97. The maximum absolute atomic E-state index is 4.21. The highest BCUT2D eigenvalue weighted by atomic mass is 15.0. The summed E-state index contributed by atoms with van der Waals surface area (Å²) >= 11 is 0.